The van der Waals surface area contributed by atoms with Crippen LogP contribution in [0.5, 0.6) is 5.75 Å². The Kier molecular flexibility index (Phi) is 7.88. The number of carbonyl (C=O) groups is 1. The number of carbonyl (C=O) groups excluding carboxylic acids is 1. The van der Waals surface area contributed by atoms with E-state index in [1.54, 1.807) is 31.2 Å². The van der Waals surface area contributed by atoms with Gasteiger partial charge in [-0.05, 0) is 75.1 Å². The van der Waals surface area contributed by atoms with Crippen LogP contribution in [0.2, 0.25) is 0 Å². The maximum atomic E-state index is 13.3. The van der Waals surface area contributed by atoms with Crippen molar-refractivity contribution in [3.63, 3.8) is 0 Å². The third-order valence-corrected chi connectivity index (χ3v) is 8.89. The Morgan fingerprint density at radius 2 is 1.76 bits per heavy atom. The molecule has 0 fully saturated rings. The molecule has 1 atom stereocenters. The summed E-state index contributed by atoms with van der Waals surface area (Å²) in [4.78, 5) is 37.8. The predicted molar refractivity (Wildman–Crippen MR) is 148 cm³/mol. The summed E-state index contributed by atoms with van der Waals surface area (Å²) < 4.78 is 77.8. The quantitative estimate of drug-likeness (QED) is 0.337. The summed E-state index contributed by atoms with van der Waals surface area (Å²) in [6.45, 7) is 6.07. The average molecular weight is 611 g/mol. The molecule has 4 aromatic rings. The summed E-state index contributed by atoms with van der Waals surface area (Å²) in [5.41, 5.74) is -1.81. The zero-order valence-corrected chi connectivity index (χ0v) is 24.1. The molecule has 0 aliphatic carbocycles. The number of rotatable bonds is 7. The fraction of sp³-hybridized carbons (Fsp3) is 0.308. The first-order chi connectivity index (χ1) is 19.0. The highest BCUT2D eigenvalue weighted by Gasteiger charge is 2.35. The van der Waals surface area contributed by atoms with Gasteiger partial charge in [0.1, 0.15) is 11.4 Å². The molecule has 0 saturated carbocycles. The molecule has 2 aromatic carbocycles. The second kappa shape index (κ2) is 10.8. The first-order valence-corrected chi connectivity index (χ1v) is 14.5. The van der Waals surface area contributed by atoms with Crippen LogP contribution in [0, 0.1) is 6.92 Å². The zero-order valence-electron chi connectivity index (χ0n) is 22.4. The number of amides is 1. The standard InChI is InChI=1S/C26H25F3N4O6S2/c1-13(2)41(37,38)31-24(35)15(4)39-17-8-6-14(3)18(11-17)23-19-10-16(7-9-20(19)40-30-23)33-22(34)12-21(26(27,28)29)32(5)25(33)36/h6-13,15H,1-5H3,(H,31,35). The molecule has 218 valence electrons. The molecule has 0 radical (unpaired) electrons. The molecule has 0 aliphatic heterocycles. The van der Waals surface area contributed by atoms with Gasteiger partial charge in [0.25, 0.3) is 11.5 Å². The topological polar surface area (TPSA) is 129 Å². The van der Waals surface area contributed by atoms with E-state index in [1.165, 1.54) is 32.9 Å². The predicted octanol–water partition coefficient (Wildman–Crippen LogP) is 3.76. The van der Waals surface area contributed by atoms with Crippen LogP contribution in [0.25, 0.3) is 27.0 Å². The van der Waals surface area contributed by atoms with Crippen LogP contribution in [0.3, 0.4) is 0 Å². The molecular formula is C26H25F3N4O6S2. The Morgan fingerprint density at radius 3 is 2.39 bits per heavy atom. The summed E-state index contributed by atoms with van der Waals surface area (Å²) in [5.74, 6) is -0.589. The van der Waals surface area contributed by atoms with E-state index in [-0.39, 0.29) is 11.4 Å². The summed E-state index contributed by atoms with van der Waals surface area (Å²) in [6, 6.07) is 9.83. The Morgan fingerprint density at radius 1 is 1.07 bits per heavy atom. The number of alkyl halides is 3. The van der Waals surface area contributed by atoms with Crippen LogP contribution < -0.4 is 20.7 Å². The van der Waals surface area contributed by atoms with E-state index in [4.69, 9.17) is 4.74 Å². The van der Waals surface area contributed by atoms with Crippen molar-refractivity contribution in [1.82, 2.24) is 18.2 Å². The van der Waals surface area contributed by atoms with Gasteiger partial charge in [0, 0.05) is 24.1 Å². The monoisotopic (exact) mass is 610 g/mol. The molecule has 0 saturated heterocycles. The molecule has 41 heavy (non-hydrogen) atoms. The van der Waals surface area contributed by atoms with Crippen molar-refractivity contribution in [3.05, 3.63) is 74.6 Å². The molecule has 0 bridgehead atoms. The second-order valence-corrected chi connectivity index (χ2v) is 12.6. The van der Waals surface area contributed by atoms with Crippen LogP contribution in [0.4, 0.5) is 13.2 Å². The Labute approximate surface area is 236 Å². The molecule has 0 aliphatic rings. The van der Waals surface area contributed by atoms with E-state index in [1.807, 2.05) is 4.72 Å². The van der Waals surface area contributed by atoms with Gasteiger partial charge in [-0.1, -0.05) is 6.07 Å². The lowest BCUT2D eigenvalue weighted by atomic mass is 10.0. The highest BCUT2D eigenvalue weighted by atomic mass is 32.2. The number of ether oxygens (including phenoxy) is 1. The molecule has 4 rings (SSSR count). The number of hydrogen-bond donors (Lipinski definition) is 1. The van der Waals surface area contributed by atoms with Gasteiger partial charge in [0.15, 0.2) is 6.10 Å². The van der Waals surface area contributed by atoms with E-state index in [2.05, 4.69) is 4.37 Å². The first-order valence-electron chi connectivity index (χ1n) is 12.1. The largest absolute Gasteiger partial charge is 0.481 e. The maximum absolute atomic E-state index is 13.3. The molecule has 1 unspecified atom stereocenters. The fourth-order valence-electron chi connectivity index (χ4n) is 3.92. The lowest BCUT2D eigenvalue weighted by molar-refractivity contribution is -0.144. The van der Waals surface area contributed by atoms with Gasteiger partial charge in [-0.15, -0.1) is 0 Å². The minimum absolute atomic E-state index is 0.0555. The summed E-state index contributed by atoms with van der Waals surface area (Å²) in [5, 5.41) is -0.290. The molecular weight excluding hydrogens is 585 g/mol. The van der Waals surface area contributed by atoms with Crippen molar-refractivity contribution in [2.75, 3.05) is 0 Å². The third kappa shape index (κ3) is 5.91. The highest BCUT2D eigenvalue weighted by molar-refractivity contribution is 7.90. The lowest BCUT2D eigenvalue weighted by Crippen LogP contribution is -2.42. The number of aromatic nitrogens is 3. The molecule has 1 N–H and O–H groups in total. The average Bonchev–Trinajstić information content (AvgIpc) is 3.29. The Hall–Kier alpha value is -3.98. The summed E-state index contributed by atoms with van der Waals surface area (Å²) in [7, 11) is -2.91. The van der Waals surface area contributed by atoms with Gasteiger partial charge in [-0.2, -0.15) is 17.5 Å². The van der Waals surface area contributed by atoms with Crippen molar-refractivity contribution < 1.29 is 31.1 Å². The van der Waals surface area contributed by atoms with E-state index < -0.39 is 50.4 Å². The van der Waals surface area contributed by atoms with E-state index >= 15 is 0 Å². The number of halogens is 3. The van der Waals surface area contributed by atoms with Gasteiger partial charge in [-0.3, -0.25) is 14.2 Å². The number of sulfonamides is 1. The van der Waals surface area contributed by atoms with Crippen molar-refractivity contribution in [3.8, 4) is 22.7 Å². The highest BCUT2D eigenvalue weighted by Crippen LogP contribution is 2.36. The van der Waals surface area contributed by atoms with Crippen molar-refractivity contribution in [2.24, 2.45) is 7.05 Å². The number of aryl methyl sites for hydroxylation is 1. The van der Waals surface area contributed by atoms with Gasteiger partial charge in [-0.25, -0.2) is 22.5 Å². The smallest absolute Gasteiger partial charge is 0.431 e. The number of benzene rings is 2. The maximum Gasteiger partial charge on any atom is 0.431 e. The van der Waals surface area contributed by atoms with Crippen molar-refractivity contribution in [1.29, 1.82) is 0 Å². The second-order valence-electron chi connectivity index (χ2n) is 9.55. The van der Waals surface area contributed by atoms with Crippen LogP contribution in [-0.2, 0) is 28.0 Å². The zero-order chi connectivity index (χ0) is 30.4. The van der Waals surface area contributed by atoms with Crippen molar-refractivity contribution >= 4 is 37.5 Å². The lowest BCUT2D eigenvalue weighted by Gasteiger charge is -2.17. The molecule has 2 aromatic heterocycles. The SMILES string of the molecule is Cc1ccc(OC(C)C(=O)NS(=O)(=O)C(C)C)cc1-c1nsc2ccc(-n3c(=O)cc(C(F)(F)F)n(C)c3=O)cc12. The van der Waals surface area contributed by atoms with Gasteiger partial charge >= 0.3 is 11.9 Å². The molecule has 15 heteroatoms. The van der Waals surface area contributed by atoms with Crippen molar-refractivity contribution in [2.45, 2.75) is 45.2 Å². The summed E-state index contributed by atoms with van der Waals surface area (Å²) in [6.07, 6.45) is -6.04. The van der Waals surface area contributed by atoms with Crippen LogP contribution in [0.15, 0.2) is 52.1 Å². The summed E-state index contributed by atoms with van der Waals surface area (Å²) >= 11 is 1.13. The van der Waals surface area contributed by atoms with Crippen LogP contribution in [-0.4, -0.2) is 39.2 Å². The third-order valence-electron chi connectivity index (χ3n) is 6.33. The molecule has 0 spiro atoms. The van der Waals surface area contributed by atoms with E-state index in [9.17, 15) is 36.0 Å². The van der Waals surface area contributed by atoms with Gasteiger partial charge < -0.3 is 4.74 Å². The fourth-order valence-corrected chi connectivity index (χ4v) is 5.37. The van der Waals surface area contributed by atoms with Gasteiger partial charge in [0.2, 0.25) is 10.0 Å². The number of fused-ring (bicyclic) bond motifs is 1. The number of nitrogens with zero attached hydrogens (tertiary/aromatic N) is 3. The minimum Gasteiger partial charge on any atom is -0.481 e. The van der Waals surface area contributed by atoms with Crippen LogP contribution in [0.1, 0.15) is 32.0 Å². The Bertz CT molecular complexity index is 1890. The normalized spacial score (nSPS) is 13.0. The first kappa shape index (κ1) is 30.0. The molecule has 10 nitrogen and oxygen atoms in total. The van der Waals surface area contributed by atoms with Gasteiger partial charge in [0.05, 0.1) is 21.3 Å². The minimum atomic E-state index is -4.88. The number of hydrogen-bond acceptors (Lipinski definition) is 8. The molecule has 1 amide bonds. The van der Waals surface area contributed by atoms with Crippen LogP contribution >= 0.6 is 11.5 Å². The van der Waals surface area contributed by atoms with E-state index in [0.29, 0.717) is 36.5 Å². The Balaban J connectivity index is 1.74. The molecule has 2 heterocycles. The van der Waals surface area contributed by atoms with E-state index in [0.717, 1.165) is 24.1 Å². The number of nitrogens with one attached hydrogen (secondary N) is 1.